The summed E-state index contributed by atoms with van der Waals surface area (Å²) < 4.78 is 5.68. The summed E-state index contributed by atoms with van der Waals surface area (Å²) in [4.78, 5) is 18.7. The normalized spacial score (nSPS) is 21.6. The lowest BCUT2D eigenvalue weighted by molar-refractivity contribution is -0.0586. The van der Waals surface area contributed by atoms with E-state index in [1.165, 1.54) is 0 Å². The van der Waals surface area contributed by atoms with Gasteiger partial charge in [-0.3, -0.25) is 4.79 Å². The van der Waals surface area contributed by atoms with Crippen molar-refractivity contribution in [3.05, 3.63) is 35.4 Å². The van der Waals surface area contributed by atoms with Gasteiger partial charge in [0, 0.05) is 25.2 Å². The van der Waals surface area contributed by atoms with Crippen molar-refractivity contribution in [2.45, 2.75) is 45.9 Å². The van der Waals surface area contributed by atoms with Gasteiger partial charge < -0.3 is 20.7 Å². The molecular weight excluding hydrogens is 304 g/mol. The molecule has 24 heavy (non-hydrogen) atoms. The first-order valence-electron chi connectivity index (χ1n) is 8.57. The van der Waals surface area contributed by atoms with Crippen molar-refractivity contribution in [3.63, 3.8) is 0 Å². The summed E-state index contributed by atoms with van der Waals surface area (Å²) in [6.45, 7) is 8.65. The van der Waals surface area contributed by atoms with Crippen LogP contribution in [0.1, 0.15) is 43.1 Å². The molecule has 0 saturated carbocycles. The zero-order valence-corrected chi connectivity index (χ0v) is 14.8. The molecule has 2 atom stereocenters. The Labute approximate surface area is 144 Å². The summed E-state index contributed by atoms with van der Waals surface area (Å²) in [7, 11) is 0. The van der Waals surface area contributed by atoms with Crippen LogP contribution >= 0.6 is 0 Å². The number of carbonyl (C=O) groups excluding carboxylic acids is 1. The van der Waals surface area contributed by atoms with Crippen LogP contribution in [0.3, 0.4) is 0 Å². The average molecular weight is 332 g/mol. The van der Waals surface area contributed by atoms with Gasteiger partial charge in [0.15, 0.2) is 5.96 Å². The first-order chi connectivity index (χ1) is 11.5. The molecule has 1 aliphatic heterocycles. The molecule has 1 amide bonds. The lowest BCUT2D eigenvalue weighted by Crippen LogP contribution is -2.48. The molecule has 0 aromatic heterocycles. The Balaban J connectivity index is 1.95. The zero-order chi connectivity index (χ0) is 17.5. The summed E-state index contributed by atoms with van der Waals surface area (Å²) >= 11 is 0. The molecule has 1 heterocycles. The molecule has 0 aliphatic carbocycles. The van der Waals surface area contributed by atoms with Crippen LogP contribution in [0.25, 0.3) is 0 Å². The number of ether oxygens (including phenoxy) is 1. The molecule has 2 unspecified atom stereocenters. The fourth-order valence-electron chi connectivity index (χ4n) is 2.76. The molecule has 2 rings (SSSR count). The van der Waals surface area contributed by atoms with Gasteiger partial charge in [-0.25, -0.2) is 4.99 Å². The quantitative estimate of drug-likeness (QED) is 0.636. The van der Waals surface area contributed by atoms with Crippen molar-refractivity contribution in [3.8, 4) is 0 Å². The number of rotatable bonds is 5. The van der Waals surface area contributed by atoms with Gasteiger partial charge in [0.25, 0.3) is 5.91 Å². The highest BCUT2D eigenvalue weighted by atomic mass is 16.5. The van der Waals surface area contributed by atoms with Crippen LogP contribution in [-0.4, -0.2) is 48.6 Å². The lowest BCUT2D eigenvalue weighted by atomic mass is 10.1. The highest BCUT2D eigenvalue weighted by Gasteiger charge is 2.26. The summed E-state index contributed by atoms with van der Waals surface area (Å²) in [6, 6.07) is 7.57. The molecule has 1 aliphatic rings. The standard InChI is InChI=1S/C18H28N4O2/c1-4-9-20-18(19)21-10-15-5-7-16(8-6-15)17(23)22-11-13(2)24-14(3)12-22/h5-8,13-14H,4,9-12H2,1-3H3,(H3,19,20,21). The number of guanidine groups is 1. The topological polar surface area (TPSA) is 79.9 Å². The minimum absolute atomic E-state index is 0.0520. The van der Waals surface area contributed by atoms with Crippen LogP contribution in [0.15, 0.2) is 29.3 Å². The van der Waals surface area contributed by atoms with Gasteiger partial charge in [-0.05, 0) is 38.0 Å². The van der Waals surface area contributed by atoms with Crippen LogP contribution in [0.2, 0.25) is 0 Å². The number of benzene rings is 1. The van der Waals surface area contributed by atoms with Crippen molar-refractivity contribution in [2.24, 2.45) is 10.7 Å². The van der Waals surface area contributed by atoms with Gasteiger partial charge >= 0.3 is 0 Å². The molecule has 6 nitrogen and oxygen atoms in total. The molecular formula is C18H28N4O2. The summed E-state index contributed by atoms with van der Waals surface area (Å²) in [5.74, 6) is 0.504. The fraction of sp³-hybridized carbons (Fsp3) is 0.556. The third-order valence-corrected chi connectivity index (χ3v) is 3.90. The number of aliphatic imine (C=N–C) groups is 1. The van der Waals surface area contributed by atoms with E-state index >= 15 is 0 Å². The first-order valence-corrected chi connectivity index (χ1v) is 8.57. The van der Waals surface area contributed by atoms with E-state index in [2.05, 4.69) is 17.2 Å². The second-order valence-electron chi connectivity index (χ2n) is 6.29. The molecule has 0 radical (unpaired) electrons. The number of carbonyl (C=O) groups is 1. The van der Waals surface area contributed by atoms with Crippen LogP contribution in [0.5, 0.6) is 0 Å². The maximum Gasteiger partial charge on any atom is 0.254 e. The lowest BCUT2D eigenvalue weighted by Gasteiger charge is -2.35. The van der Waals surface area contributed by atoms with E-state index in [-0.39, 0.29) is 18.1 Å². The predicted octanol–water partition coefficient (Wildman–Crippen LogP) is 1.75. The van der Waals surface area contributed by atoms with Crippen molar-refractivity contribution in [1.29, 1.82) is 0 Å². The van der Waals surface area contributed by atoms with E-state index in [0.29, 0.717) is 31.2 Å². The summed E-state index contributed by atoms with van der Waals surface area (Å²) in [5, 5.41) is 3.04. The highest BCUT2D eigenvalue weighted by Crippen LogP contribution is 2.15. The van der Waals surface area contributed by atoms with E-state index in [0.717, 1.165) is 18.5 Å². The van der Waals surface area contributed by atoms with E-state index in [9.17, 15) is 4.79 Å². The maximum absolute atomic E-state index is 12.6. The Bertz CT molecular complexity index is 561. The Morgan fingerprint density at radius 1 is 1.29 bits per heavy atom. The molecule has 1 fully saturated rings. The number of nitrogens with two attached hydrogens (primary N) is 1. The third kappa shape index (κ3) is 5.23. The molecule has 6 heteroatoms. The summed E-state index contributed by atoms with van der Waals surface area (Å²) in [6.07, 6.45) is 1.15. The Morgan fingerprint density at radius 3 is 2.50 bits per heavy atom. The van der Waals surface area contributed by atoms with Gasteiger partial charge in [0.2, 0.25) is 0 Å². The van der Waals surface area contributed by atoms with Crippen LogP contribution in [0, 0.1) is 0 Å². The number of nitrogens with one attached hydrogen (secondary N) is 1. The van der Waals surface area contributed by atoms with Crippen molar-refractivity contribution < 1.29 is 9.53 Å². The van der Waals surface area contributed by atoms with E-state index in [1.54, 1.807) is 0 Å². The van der Waals surface area contributed by atoms with E-state index in [4.69, 9.17) is 10.5 Å². The maximum atomic E-state index is 12.6. The van der Waals surface area contributed by atoms with E-state index in [1.807, 2.05) is 43.0 Å². The molecule has 3 N–H and O–H groups in total. The van der Waals surface area contributed by atoms with Crippen LogP contribution < -0.4 is 11.1 Å². The Kier molecular flexibility index (Phi) is 6.61. The number of nitrogens with zero attached hydrogens (tertiary/aromatic N) is 2. The fourth-order valence-corrected chi connectivity index (χ4v) is 2.76. The highest BCUT2D eigenvalue weighted by molar-refractivity contribution is 5.94. The number of hydrogen-bond acceptors (Lipinski definition) is 3. The van der Waals surface area contributed by atoms with Crippen LogP contribution in [-0.2, 0) is 11.3 Å². The largest absolute Gasteiger partial charge is 0.372 e. The smallest absolute Gasteiger partial charge is 0.254 e. The SMILES string of the molecule is CCCNC(N)=NCc1ccc(C(=O)N2CC(C)OC(C)C2)cc1. The second-order valence-corrected chi connectivity index (χ2v) is 6.29. The average Bonchev–Trinajstić information content (AvgIpc) is 2.57. The van der Waals surface area contributed by atoms with Gasteiger partial charge in [0.1, 0.15) is 0 Å². The third-order valence-electron chi connectivity index (χ3n) is 3.90. The van der Waals surface area contributed by atoms with E-state index < -0.39 is 0 Å². The number of hydrogen-bond donors (Lipinski definition) is 2. The Morgan fingerprint density at radius 2 is 1.92 bits per heavy atom. The number of amides is 1. The van der Waals surface area contributed by atoms with Gasteiger partial charge in [-0.1, -0.05) is 19.1 Å². The predicted molar refractivity (Wildman–Crippen MR) is 96.0 cm³/mol. The van der Waals surface area contributed by atoms with Gasteiger partial charge in [0.05, 0.1) is 18.8 Å². The zero-order valence-electron chi connectivity index (χ0n) is 14.8. The monoisotopic (exact) mass is 332 g/mol. The minimum Gasteiger partial charge on any atom is -0.372 e. The second kappa shape index (κ2) is 8.68. The molecule has 132 valence electrons. The van der Waals surface area contributed by atoms with Crippen molar-refractivity contribution in [1.82, 2.24) is 10.2 Å². The molecule has 1 saturated heterocycles. The summed E-state index contributed by atoms with van der Waals surface area (Å²) in [5.41, 5.74) is 7.50. The van der Waals surface area contributed by atoms with Crippen molar-refractivity contribution >= 4 is 11.9 Å². The Hall–Kier alpha value is -2.08. The van der Waals surface area contributed by atoms with Crippen LogP contribution in [0.4, 0.5) is 0 Å². The van der Waals surface area contributed by atoms with Crippen molar-refractivity contribution in [2.75, 3.05) is 19.6 Å². The molecule has 1 aromatic rings. The first kappa shape index (κ1) is 18.3. The molecule has 0 spiro atoms. The molecule has 0 bridgehead atoms. The molecule has 1 aromatic carbocycles. The number of morpholine rings is 1. The minimum atomic E-state index is 0.0520. The van der Waals surface area contributed by atoms with Gasteiger partial charge in [-0.15, -0.1) is 0 Å². The van der Waals surface area contributed by atoms with Gasteiger partial charge in [-0.2, -0.15) is 0 Å².